The molecule has 0 saturated carbocycles. The highest BCUT2D eigenvalue weighted by Gasteiger charge is 2.50. The largest absolute Gasteiger partial charge is 0.370 e. The Hall–Kier alpha value is -1.11. The minimum absolute atomic E-state index is 0.386. The Morgan fingerprint density at radius 2 is 2.13 bits per heavy atom. The van der Waals surface area contributed by atoms with Crippen LogP contribution >= 0.6 is 11.6 Å². The standard InChI is InChI=1S/C7H5ClF4N2O/c1-14-4(3(8)2-13-14)5(15)7(11,12)6(9)10/h2,6H,1H3. The first-order valence-corrected chi connectivity index (χ1v) is 4.04. The number of hydrogen-bond donors (Lipinski definition) is 0. The quantitative estimate of drug-likeness (QED) is 0.603. The lowest BCUT2D eigenvalue weighted by Gasteiger charge is -2.13. The van der Waals surface area contributed by atoms with Crippen molar-refractivity contribution in [2.75, 3.05) is 0 Å². The minimum atomic E-state index is -4.75. The number of aromatic nitrogens is 2. The van der Waals surface area contributed by atoms with Crippen LogP contribution in [-0.2, 0) is 7.05 Å². The Morgan fingerprint density at radius 3 is 2.47 bits per heavy atom. The number of ketones is 1. The Morgan fingerprint density at radius 1 is 1.60 bits per heavy atom. The lowest BCUT2D eigenvalue weighted by atomic mass is 10.1. The summed E-state index contributed by atoms with van der Waals surface area (Å²) in [5, 5.41) is 3.01. The van der Waals surface area contributed by atoms with Crippen LogP contribution in [0, 0.1) is 0 Å². The van der Waals surface area contributed by atoms with Crippen LogP contribution in [-0.4, -0.2) is 27.9 Å². The zero-order valence-corrected chi connectivity index (χ0v) is 8.10. The van der Waals surface area contributed by atoms with E-state index in [1.165, 1.54) is 0 Å². The van der Waals surface area contributed by atoms with E-state index in [1.54, 1.807) is 0 Å². The molecule has 0 aliphatic rings. The van der Waals surface area contributed by atoms with Crippen molar-refractivity contribution in [2.24, 2.45) is 7.05 Å². The Bertz CT molecular complexity index is 371. The predicted octanol–water partition coefficient (Wildman–Crippen LogP) is 2.16. The molecule has 84 valence electrons. The summed E-state index contributed by atoms with van der Waals surface area (Å²) >= 11 is 5.37. The van der Waals surface area contributed by atoms with Gasteiger partial charge in [-0.1, -0.05) is 11.6 Å². The summed E-state index contributed by atoms with van der Waals surface area (Å²) in [7, 11) is 1.15. The summed E-state index contributed by atoms with van der Waals surface area (Å²) in [5.74, 6) is -6.79. The van der Waals surface area contributed by atoms with Gasteiger partial charge < -0.3 is 0 Å². The number of hydrogen-bond acceptors (Lipinski definition) is 2. The second-order valence-corrected chi connectivity index (χ2v) is 3.12. The second-order valence-electron chi connectivity index (χ2n) is 2.72. The average molecular weight is 245 g/mol. The van der Waals surface area contributed by atoms with Gasteiger partial charge in [-0.05, 0) is 0 Å². The maximum Gasteiger partial charge on any atom is 0.370 e. The molecule has 0 saturated heterocycles. The van der Waals surface area contributed by atoms with E-state index in [1.807, 2.05) is 0 Å². The van der Waals surface area contributed by atoms with Gasteiger partial charge in [0, 0.05) is 7.05 Å². The van der Waals surface area contributed by atoms with E-state index >= 15 is 0 Å². The van der Waals surface area contributed by atoms with E-state index in [2.05, 4.69) is 5.10 Å². The van der Waals surface area contributed by atoms with E-state index in [4.69, 9.17) is 11.6 Å². The van der Waals surface area contributed by atoms with Crippen LogP contribution in [0.15, 0.2) is 6.20 Å². The molecule has 1 aromatic rings. The highest BCUT2D eigenvalue weighted by atomic mass is 35.5. The van der Waals surface area contributed by atoms with Crippen molar-refractivity contribution in [3.05, 3.63) is 16.9 Å². The van der Waals surface area contributed by atoms with Crippen LogP contribution in [0.3, 0.4) is 0 Å². The molecule has 1 rings (SSSR count). The Balaban J connectivity index is 3.16. The lowest BCUT2D eigenvalue weighted by molar-refractivity contribution is -0.0962. The summed E-state index contributed by atoms with van der Waals surface area (Å²) in [6.45, 7) is 0. The molecule has 0 aromatic carbocycles. The molecule has 0 unspecified atom stereocenters. The first kappa shape index (κ1) is 12.0. The van der Waals surface area contributed by atoms with Gasteiger partial charge in [-0.15, -0.1) is 0 Å². The summed E-state index contributed by atoms with van der Waals surface area (Å²) in [6, 6.07) is 0. The normalized spacial score (nSPS) is 12.2. The first-order chi connectivity index (χ1) is 6.78. The van der Waals surface area contributed by atoms with Crippen molar-refractivity contribution in [1.82, 2.24) is 9.78 Å². The molecular formula is C7H5ClF4N2O. The van der Waals surface area contributed by atoms with Gasteiger partial charge in [0.1, 0.15) is 5.69 Å². The van der Waals surface area contributed by atoms with E-state index in [0.717, 1.165) is 17.9 Å². The molecule has 0 N–H and O–H groups in total. The van der Waals surface area contributed by atoms with Crippen LogP contribution in [0.1, 0.15) is 10.5 Å². The number of carbonyl (C=O) groups is 1. The van der Waals surface area contributed by atoms with Gasteiger partial charge in [-0.3, -0.25) is 9.48 Å². The molecule has 0 spiro atoms. The van der Waals surface area contributed by atoms with Crippen LogP contribution < -0.4 is 0 Å². The van der Waals surface area contributed by atoms with Crippen molar-refractivity contribution in [3.63, 3.8) is 0 Å². The van der Waals surface area contributed by atoms with Gasteiger partial charge in [0.25, 0.3) is 5.78 Å². The van der Waals surface area contributed by atoms with Crippen molar-refractivity contribution >= 4 is 17.4 Å². The maximum absolute atomic E-state index is 12.7. The van der Waals surface area contributed by atoms with Crippen LogP contribution in [0.25, 0.3) is 0 Å². The number of aryl methyl sites for hydroxylation is 1. The maximum atomic E-state index is 12.7. The van der Waals surface area contributed by atoms with Crippen LogP contribution in [0.2, 0.25) is 5.02 Å². The Kier molecular flexibility index (Phi) is 3.03. The number of Topliss-reactive ketones (excluding diaryl/α,β-unsaturated/α-hetero) is 1. The van der Waals surface area contributed by atoms with E-state index in [-0.39, 0.29) is 5.02 Å². The van der Waals surface area contributed by atoms with Gasteiger partial charge in [0.15, 0.2) is 0 Å². The molecule has 0 bridgehead atoms. The summed E-state index contributed by atoms with van der Waals surface area (Å²) in [6.07, 6.45) is -3.15. The smallest absolute Gasteiger partial charge is 0.285 e. The summed E-state index contributed by atoms with van der Waals surface area (Å²) in [4.78, 5) is 11.0. The monoisotopic (exact) mass is 244 g/mol. The van der Waals surface area contributed by atoms with Crippen molar-refractivity contribution in [1.29, 1.82) is 0 Å². The topological polar surface area (TPSA) is 34.9 Å². The summed E-state index contributed by atoms with van der Waals surface area (Å²) < 4.78 is 49.8. The third-order valence-electron chi connectivity index (χ3n) is 1.69. The zero-order chi connectivity index (χ0) is 11.8. The zero-order valence-electron chi connectivity index (χ0n) is 7.35. The highest BCUT2D eigenvalue weighted by molar-refractivity contribution is 6.33. The molecule has 0 amide bonds. The molecule has 15 heavy (non-hydrogen) atoms. The fourth-order valence-corrected chi connectivity index (χ4v) is 1.17. The highest BCUT2D eigenvalue weighted by Crippen LogP contribution is 2.29. The van der Waals surface area contributed by atoms with Gasteiger partial charge in [-0.25, -0.2) is 8.78 Å². The number of alkyl halides is 4. The third-order valence-corrected chi connectivity index (χ3v) is 1.96. The third kappa shape index (κ3) is 1.97. The minimum Gasteiger partial charge on any atom is -0.285 e. The Labute approximate surface area is 86.6 Å². The van der Waals surface area contributed by atoms with Crippen LogP contribution in [0.5, 0.6) is 0 Å². The predicted molar refractivity (Wildman–Crippen MR) is 43.5 cm³/mol. The fourth-order valence-electron chi connectivity index (χ4n) is 0.923. The number of halogens is 5. The SMILES string of the molecule is Cn1ncc(Cl)c1C(=O)C(F)(F)C(F)F. The van der Waals surface area contributed by atoms with Crippen molar-refractivity contribution < 1.29 is 22.4 Å². The van der Waals surface area contributed by atoms with Gasteiger partial charge in [0.05, 0.1) is 11.2 Å². The van der Waals surface area contributed by atoms with Gasteiger partial charge in [0.2, 0.25) is 0 Å². The molecule has 0 fully saturated rings. The average Bonchev–Trinajstić information content (AvgIpc) is 2.45. The first-order valence-electron chi connectivity index (χ1n) is 3.66. The van der Waals surface area contributed by atoms with Crippen molar-refractivity contribution in [2.45, 2.75) is 12.3 Å². The van der Waals surface area contributed by atoms with E-state index in [9.17, 15) is 22.4 Å². The number of rotatable bonds is 3. The molecular weight excluding hydrogens is 240 g/mol. The molecule has 0 radical (unpaired) electrons. The molecule has 0 aliphatic carbocycles. The molecule has 0 atom stereocenters. The van der Waals surface area contributed by atoms with Crippen LogP contribution in [0.4, 0.5) is 17.6 Å². The molecule has 3 nitrogen and oxygen atoms in total. The second kappa shape index (κ2) is 3.80. The van der Waals surface area contributed by atoms with Gasteiger partial charge >= 0.3 is 12.3 Å². The molecule has 1 heterocycles. The molecule has 0 aliphatic heterocycles. The fraction of sp³-hybridized carbons (Fsp3) is 0.429. The number of nitrogens with zero attached hydrogens (tertiary/aromatic N) is 2. The summed E-state index contributed by atoms with van der Waals surface area (Å²) in [5.41, 5.74) is -0.734. The van der Waals surface area contributed by atoms with E-state index < -0.39 is 23.8 Å². The number of carbonyl (C=O) groups excluding carboxylic acids is 1. The van der Waals surface area contributed by atoms with E-state index in [0.29, 0.717) is 0 Å². The van der Waals surface area contributed by atoms with Crippen molar-refractivity contribution in [3.8, 4) is 0 Å². The molecule has 8 heteroatoms. The molecule has 1 aromatic heterocycles. The lowest BCUT2D eigenvalue weighted by Crippen LogP contribution is -2.37. The van der Waals surface area contributed by atoms with Gasteiger partial charge in [-0.2, -0.15) is 13.9 Å².